The van der Waals surface area contributed by atoms with Gasteiger partial charge in [-0.25, -0.2) is 0 Å². The van der Waals surface area contributed by atoms with E-state index in [9.17, 15) is 0 Å². The molecule has 0 radical (unpaired) electrons. The zero-order chi connectivity index (χ0) is 12.3. The monoisotopic (exact) mass is 239 g/mol. The second kappa shape index (κ2) is 5.67. The van der Waals surface area contributed by atoms with E-state index in [1.807, 2.05) is 12.1 Å². The lowest BCUT2D eigenvalue weighted by Crippen LogP contribution is -2.48. The van der Waals surface area contributed by atoms with Crippen LogP contribution in [0, 0.1) is 0 Å². The molecule has 4 nitrogen and oxygen atoms in total. The summed E-state index contributed by atoms with van der Waals surface area (Å²) in [5.41, 5.74) is 0. The summed E-state index contributed by atoms with van der Waals surface area (Å²) in [6, 6.07) is 4.44. The minimum atomic E-state index is -0.0631. The van der Waals surface area contributed by atoms with E-state index >= 15 is 0 Å². The van der Waals surface area contributed by atoms with Crippen LogP contribution < -0.4 is 0 Å². The molecule has 0 spiro atoms. The average molecular weight is 239 g/mol. The van der Waals surface area contributed by atoms with Gasteiger partial charge in [-0.05, 0) is 19.1 Å². The third-order valence-electron chi connectivity index (χ3n) is 3.26. The van der Waals surface area contributed by atoms with Gasteiger partial charge in [0.25, 0.3) is 0 Å². The minimum Gasteiger partial charge on any atom is -0.465 e. The van der Waals surface area contributed by atoms with E-state index in [0.717, 1.165) is 31.0 Å². The molecule has 0 aromatic carbocycles. The number of aryl methyl sites for hydroxylation is 1. The SMILES string of the molecule is CCc1ccc(CN2CC(CO)OCC2C)o1. The van der Waals surface area contributed by atoms with Crippen LogP contribution in [0.3, 0.4) is 0 Å². The number of hydrogen-bond acceptors (Lipinski definition) is 4. The number of ether oxygens (including phenoxy) is 1. The molecule has 2 rings (SSSR count). The molecule has 0 aliphatic carbocycles. The Balaban J connectivity index is 1.96. The Kier molecular flexibility index (Phi) is 4.20. The van der Waals surface area contributed by atoms with Gasteiger partial charge in [-0.2, -0.15) is 0 Å². The summed E-state index contributed by atoms with van der Waals surface area (Å²) in [6.45, 7) is 6.54. The summed E-state index contributed by atoms with van der Waals surface area (Å²) >= 11 is 0. The van der Waals surface area contributed by atoms with Gasteiger partial charge in [-0.3, -0.25) is 4.90 Å². The third-order valence-corrected chi connectivity index (χ3v) is 3.26. The fourth-order valence-corrected chi connectivity index (χ4v) is 2.10. The lowest BCUT2D eigenvalue weighted by atomic mass is 10.2. The summed E-state index contributed by atoms with van der Waals surface area (Å²) in [5.74, 6) is 2.02. The Morgan fingerprint density at radius 2 is 2.18 bits per heavy atom. The zero-order valence-corrected chi connectivity index (χ0v) is 10.6. The van der Waals surface area contributed by atoms with Crippen molar-refractivity contribution in [1.29, 1.82) is 0 Å². The molecule has 2 unspecified atom stereocenters. The van der Waals surface area contributed by atoms with Crippen LogP contribution >= 0.6 is 0 Å². The molecule has 1 aliphatic rings. The van der Waals surface area contributed by atoms with Crippen molar-refractivity contribution in [3.05, 3.63) is 23.7 Å². The summed E-state index contributed by atoms with van der Waals surface area (Å²) < 4.78 is 11.2. The van der Waals surface area contributed by atoms with Gasteiger partial charge in [0.2, 0.25) is 0 Å². The second-order valence-electron chi connectivity index (χ2n) is 4.64. The van der Waals surface area contributed by atoms with Crippen molar-refractivity contribution in [2.24, 2.45) is 0 Å². The molecule has 2 heterocycles. The van der Waals surface area contributed by atoms with Crippen LogP contribution in [0.5, 0.6) is 0 Å². The maximum Gasteiger partial charge on any atom is 0.118 e. The normalized spacial score (nSPS) is 26.3. The first-order valence-corrected chi connectivity index (χ1v) is 6.27. The molecule has 1 saturated heterocycles. The van der Waals surface area contributed by atoms with E-state index in [2.05, 4.69) is 18.7 Å². The average Bonchev–Trinajstić information content (AvgIpc) is 2.80. The van der Waals surface area contributed by atoms with E-state index in [1.165, 1.54) is 0 Å². The van der Waals surface area contributed by atoms with Crippen molar-refractivity contribution in [2.45, 2.75) is 39.0 Å². The van der Waals surface area contributed by atoms with E-state index in [0.29, 0.717) is 12.6 Å². The van der Waals surface area contributed by atoms with Crippen molar-refractivity contribution in [2.75, 3.05) is 19.8 Å². The molecular weight excluding hydrogens is 218 g/mol. The predicted octanol–water partition coefficient (Wildman–Crippen LogP) is 1.42. The van der Waals surface area contributed by atoms with E-state index in [4.69, 9.17) is 14.3 Å². The minimum absolute atomic E-state index is 0.0631. The van der Waals surface area contributed by atoms with Crippen LogP contribution in [0.25, 0.3) is 0 Å². The first kappa shape index (κ1) is 12.6. The van der Waals surface area contributed by atoms with Crippen molar-refractivity contribution in [3.8, 4) is 0 Å². The van der Waals surface area contributed by atoms with Crippen molar-refractivity contribution >= 4 is 0 Å². The fourth-order valence-electron chi connectivity index (χ4n) is 2.10. The number of morpholine rings is 1. The molecule has 17 heavy (non-hydrogen) atoms. The summed E-state index contributed by atoms with van der Waals surface area (Å²) in [5, 5.41) is 9.13. The van der Waals surface area contributed by atoms with Gasteiger partial charge in [-0.1, -0.05) is 6.92 Å². The maximum atomic E-state index is 9.13. The highest BCUT2D eigenvalue weighted by atomic mass is 16.5. The predicted molar refractivity (Wildman–Crippen MR) is 64.8 cm³/mol. The first-order chi connectivity index (χ1) is 8.22. The van der Waals surface area contributed by atoms with Gasteiger partial charge in [0.05, 0.1) is 25.9 Å². The standard InChI is InChI=1S/C13H21NO3/c1-3-11-4-5-12(17-11)6-14-7-13(8-15)16-9-10(14)2/h4-5,10,13,15H,3,6-9H2,1-2H3. The number of nitrogens with zero attached hydrogens (tertiary/aromatic N) is 1. The number of rotatable bonds is 4. The zero-order valence-electron chi connectivity index (χ0n) is 10.6. The van der Waals surface area contributed by atoms with Gasteiger partial charge in [0.15, 0.2) is 0 Å². The third kappa shape index (κ3) is 3.09. The first-order valence-electron chi connectivity index (χ1n) is 6.27. The van der Waals surface area contributed by atoms with Crippen LogP contribution in [0.15, 0.2) is 16.5 Å². The number of hydrogen-bond donors (Lipinski definition) is 1. The highest BCUT2D eigenvalue weighted by Crippen LogP contribution is 2.17. The van der Waals surface area contributed by atoms with Crippen LogP contribution in [-0.4, -0.2) is 41.9 Å². The van der Waals surface area contributed by atoms with E-state index in [-0.39, 0.29) is 12.7 Å². The molecule has 1 aliphatic heterocycles. The second-order valence-corrected chi connectivity index (χ2v) is 4.64. The van der Waals surface area contributed by atoms with Gasteiger partial charge in [-0.15, -0.1) is 0 Å². The molecule has 1 aromatic heterocycles. The fraction of sp³-hybridized carbons (Fsp3) is 0.692. The molecule has 96 valence electrons. The Hall–Kier alpha value is -0.840. The molecule has 2 atom stereocenters. The van der Waals surface area contributed by atoms with Crippen LogP contribution in [0.4, 0.5) is 0 Å². The van der Waals surface area contributed by atoms with Gasteiger partial charge < -0.3 is 14.3 Å². The lowest BCUT2D eigenvalue weighted by Gasteiger charge is -2.36. The van der Waals surface area contributed by atoms with E-state index < -0.39 is 0 Å². The highest BCUT2D eigenvalue weighted by Gasteiger charge is 2.26. The number of furan rings is 1. The molecule has 4 heteroatoms. The van der Waals surface area contributed by atoms with E-state index in [1.54, 1.807) is 0 Å². The summed E-state index contributed by atoms with van der Waals surface area (Å²) in [7, 11) is 0. The Morgan fingerprint density at radius 1 is 1.41 bits per heavy atom. The Bertz CT molecular complexity index is 350. The molecule has 1 fully saturated rings. The number of aliphatic hydroxyl groups excluding tert-OH is 1. The Labute approximate surface area is 102 Å². The van der Waals surface area contributed by atoms with Crippen LogP contribution in [0.2, 0.25) is 0 Å². The maximum absolute atomic E-state index is 9.13. The molecule has 1 N–H and O–H groups in total. The Morgan fingerprint density at radius 3 is 2.82 bits per heavy atom. The largest absolute Gasteiger partial charge is 0.465 e. The molecule has 0 bridgehead atoms. The van der Waals surface area contributed by atoms with Crippen LogP contribution in [-0.2, 0) is 17.7 Å². The number of aliphatic hydroxyl groups is 1. The van der Waals surface area contributed by atoms with Gasteiger partial charge in [0, 0.05) is 19.0 Å². The van der Waals surface area contributed by atoms with Gasteiger partial charge >= 0.3 is 0 Å². The lowest BCUT2D eigenvalue weighted by molar-refractivity contribution is -0.0820. The summed E-state index contributed by atoms with van der Waals surface area (Å²) in [4.78, 5) is 2.29. The van der Waals surface area contributed by atoms with Gasteiger partial charge in [0.1, 0.15) is 11.5 Å². The van der Waals surface area contributed by atoms with Crippen molar-refractivity contribution < 1.29 is 14.3 Å². The molecule has 1 aromatic rings. The van der Waals surface area contributed by atoms with Crippen LogP contribution in [0.1, 0.15) is 25.4 Å². The smallest absolute Gasteiger partial charge is 0.118 e. The molecule has 0 saturated carbocycles. The molecule has 0 amide bonds. The quantitative estimate of drug-likeness (QED) is 0.863. The highest BCUT2D eigenvalue weighted by molar-refractivity contribution is 5.07. The topological polar surface area (TPSA) is 45.8 Å². The summed E-state index contributed by atoms with van der Waals surface area (Å²) in [6.07, 6.45) is 0.865. The van der Waals surface area contributed by atoms with Crippen molar-refractivity contribution in [1.82, 2.24) is 4.90 Å². The molecular formula is C13H21NO3. The van der Waals surface area contributed by atoms with Crippen molar-refractivity contribution in [3.63, 3.8) is 0 Å².